The Hall–Kier alpha value is -1.92. The highest BCUT2D eigenvalue weighted by molar-refractivity contribution is 5.14. The molecule has 0 saturated carbocycles. The molecule has 2 aromatic rings. The molecule has 4 heterocycles. The second-order valence-corrected chi connectivity index (χ2v) is 6.62. The van der Waals surface area contributed by atoms with Crippen molar-refractivity contribution in [2.75, 3.05) is 19.7 Å². The van der Waals surface area contributed by atoms with Crippen molar-refractivity contribution in [3.63, 3.8) is 0 Å². The maximum absolute atomic E-state index is 13.7. The van der Waals surface area contributed by atoms with Crippen LogP contribution < -0.4 is 4.74 Å². The summed E-state index contributed by atoms with van der Waals surface area (Å²) in [4.78, 5) is 6.32. The second kappa shape index (κ2) is 6.53. The van der Waals surface area contributed by atoms with Gasteiger partial charge in [0.15, 0.2) is 5.82 Å². The van der Waals surface area contributed by atoms with Crippen LogP contribution in [0.25, 0.3) is 0 Å². The van der Waals surface area contributed by atoms with Gasteiger partial charge < -0.3 is 13.9 Å². The molecule has 0 unspecified atom stereocenters. The fourth-order valence-corrected chi connectivity index (χ4v) is 3.73. The molecule has 2 aliphatic rings. The summed E-state index contributed by atoms with van der Waals surface area (Å²) in [5, 5.41) is 0. The molecule has 5 nitrogen and oxygen atoms in total. The predicted octanol–water partition coefficient (Wildman–Crippen LogP) is 3.02. The highest BCUT2D eigenvalue weighted by atomic mass is 19.1. The highest BCUT2D eigenvalue weighted by Gasteiger charge is 2.44. The number of aromatic nitrogens is 1. The summed E-state index contributed by atoms with van der Waals surface area (Å²) in [5.41, 5.74) is -0.208. The molecule has 1 spiro atoms. The van der Waals surface area contributed by atoms with Gasteiger partial charge in [-0.3, -0.25) is 4.90 Å². The summed E-state index contributed by atoms with van der Waals surface area (Å²) in [5.74, 6) is 0.598. The normalized spacial score (nSPS) is 27.6. The third-order valence-electron chi connectivity index (χ3n) is 4.76. The number of rotatable bonds is 4. The molecule has 2 saturated heterocycles. The van der Waals surface area contributed by atoms with Crippen molar-refractivity contribution in [3.05, 3.63) is 48.3 Å². The van der Waals surface area contributed by atoms with Crippen molar-refractivity contribution in [3.8, 4) is 5.88 Å². The molecule has 0 N–H and O–H groups in total. The summed E-state index contributed by atoms with van der Waals surface area (Å²) in [7, 11) is 0. The zero-order chi connectivity index (χ0) is 16.4. The Kier molecular flexibility index (Phi) is 4.24. The molecule has 2 aliphatic heterocycles. The van der Waals surface area contributed by atoms with Gasteiger partial charge in [-0.2, -0.15) is 0 Å². The van der Waals surface area contributed by atoms with E-state index in [0.717, 1.165) is 44.7 Å². The first-order valence-electron chi connectivity index (χ1n) is 8.38. The summed E-state index contributed by atoms with van der Waals surface area (Å²) >= 11 is 0. The van der Waals surface area contributed by atoms with Crippen molar-refractivity contribution in [1.82, 2.24) is 9.88 Å². The Morgan fingerprint density at radius 3 is 3.17 bits per heavy atom. The summed E-state index contributed by atoms with van der Waals surface area (Å²) < 4.78 is 31.0. The first-order chi connectivity index (χ1) is 11.7. The smallest absolute Gasteiger partial charge is 0.250 e. The Bertz CT molecular complexity index is 679. The van der Waals surface area contributed by atoms with E-state index in [-0.39, 0.29) is 17.6 Å². The highest BCUT2D eigenvalue weighted by Crippen LogP contribution is 2.36. The van der Waals surface area contributed by atoms with E-state index >= 15 is 0 Å². The lowest BCUT2D eigenvalue weighted by Crippen LogP contribution is -2.47. The van der Waals surface area contributed by atoms with E-state index in [4.69, 9.17) is 13.9 Å². The second-order valence-electron chi connectivity index (χ2n) is 6.62. The van der Waals surface area contributed by atoms with Crippen LogP contribution in [0.2, 0.25) is 0 Å². The van der Waals surface area contributed by atoms with E-state index in [1.165, 1.54) is 12.3 Å². The van der Waals surface area contributed by atoms with Crippen LogP contribution in [0.3, 0.4) is 0 Å². The first kappa shape index (κ1) is 15.6. The zero-order valence-electron chi connectivity index (χ0n) is 13.5. The molecule has 4 rings (SSSR count). The Labute approximate surface area is 140 Å². The van der Waals surface area contributed by atoms with Gasteiger partial charge in [-0.05, 0) is 43.7 Å². The van der Waals surface area contributed by atoms with Gasteiger partial charge in [-0.25, -0.2) is 9.37 Å². The Morgan fingerprint density at radius 1 is 1.38 bits per heavy atom. The van der Waals surface area contributed by atoms with Gasteiger partial charge in [0, 0.05) is 19.2 Å². The van der Waals surface area contributed by atoms with Crippen molar-refractivity contribution in [2.45, 2.75) is 37.5 Å². The standard InChI is InChI=1S/C18H21FN2O3/c19-16-5-1-7-20-17(16)24-15-10-18(23-12-15)6-3-8-21(13-18)11-14-4-2-9-22-14/h1-2,4-5,7,9,15H,3,6,8,10-13H2/t15-,18+/m1/s1. The first-order valence-corrected chi connectivity index (χ1v) is 8.38. The average Bonchev–Trinajstić information content (AvgIpc) is 3.21. The lowest BCUT2D eigenvalue weighted by Gasteiger charge is -2.39. The Balaban J connectivity index is 1.38. The largest absolute Gasteiger partial charge is 0.470 e. The van der Waals surface area contributed by atoms with E-state index in [1.807, 2.05) is 12.1 Å². The fourth-order valence-electron chi connectivity index (χ4n) is 3.73. The number of halogens is 1. The lowest BCUT2D eigenvalue weighted by molar-refractivity contribution is -0.0550. The number of furan rings is 1. The molecule has 2 aromatic heterocycles. The minimum Gasteiger partial charge on any atom is -0.470 e. The number of pyridine rings is 1. The van der Waals surface area contributed by atoms with Gasteiger partial charge >= 0.3 is 0 Å². The average molecular weight is 332 g/mol. The maximum atomic E-state index is 13.7. The molecule has 0 amide bonds. The molecule has 2 atom stereocenters. The van der Waals surface area contributed by atoms with Crippen molar-refractivity contribution in [2.24, 2.45) is 0 Å². The van der Waals surface area contributed by atoms with Gasteiger partial charge in [0.2, 0.25) is 0 Å². The van der Waals surface area contributed by atoms with Crippen LogP contribution in [0, 0.1) is 5.82 Å². The Morgan fingerprint density at radius 2 is 2.33 bits per heavy atom. The number of likely N-dealkylation sites (tertiary alicyclic amines) is 1. The van der Waals surface area contributed by atoms with E-state index < -0.39 is 5.82 Å². The predicted molar refractivity (Wildman–Crippen MR) is 85.1 cm³/mol. The monoisotopic (exact) mass is 332 g/mol. The molecule has 0 radical (unpaired) electrons. The number of ether oxygens (including phenoxy) is 2. The third kappa shape index (κ3) is 3.30. The molecular formula is C18H21FN2O3. The number of nitrogens with zero attached hydrogens (tertiary/aromatic N) is 2. The molecule has 0 bridgehead atoms. The minimum absolute atomic E-state index is 0.0615. The summed E-state index contributed by atoms with van der Waals surface area (Å²) in [6.45, 7) is 3.15. The molecule has 24 heavy (non-hydrogen) atoms. The third-order valence-corrected chi connectivity index (χ3v) is 4.76. The topological polar surface area (TPSA) is 47.7 Å². The number of hydrogen-bond donors (Lipinski definition) is 0. The fraction of sp³-hybridized carbons (Fsp3) is 0.500. The number of piperidine rings is 1. The van der Waals surface area contributed by atoms with Crippen LogP contribution >= 0.6 is 0 Å². The quantitative estimate of drug-likeness (QED) is 0.861. The molecule has 0 aliphatic carbocycles. The van der Waals surface area contributed by atoms with Gasteiger partial charge in [-0.1, -0.05) is 0 Å². The molecule has 0 aromatic carbocycles. The van der Waals surface area contributed by atoms with E-state index in [0.29, 0.717) is 6.61 Å². The van der Waals surface area contributed by atoms with E-state index in [9.17, 15) is 4.39 Å². The minimum atomic E-state index is -0.429. The van der Waals surface area contributed by atoms with Gasteiger partial charge in [-0.15, -0.1) is 0 Å². The summed E-state index contributed by atoms with van der Waals surface area (Å²) in [6, 6.07) is 6.82. The lowest BCUT2D eigenvalue weighted by atomic mass is 9.89. The van der Waals surface area contributed by atoms with Gasteiger partial charge in [0.05, 0.1) is 25.0 Å². The van der Waals surface area contributed by atoms with E-state index in [1.54, 1.807) is 12.3 Å². The van der Waals surface area contributed by atoms with Crippen LogP contribution in [0.5, 0.6) is 5.88 Å². The molecule has 2 fully saturated rings. The van der Waals surface area contributed by atoms with Crippen LogP contribution in [0.4, 0.5) is 4.39 Å². The van der Waals surface area contributed by atoms with Gasteiger partial charge in [0.1, 0.15) is 11.9 Å². The molecular weight excluding hydrogens is 311 g/mol. The molecule has 6 heteroatoms. The van der Waals surface area contributed by atoms with Crippen molar-refractivity contribution >= 4 is 0 Å². The van der Waals surface area contributed by atoms with Crippen molar-refractivity contribution < 1.29 is 18.3 Å². The number of hydrogen-bond acceptors (Lipinski definition) is 5. The molecule has 128 valence electrons. The maximum Gasteiger partial charge on any atom is 0.250 e. The van der Waals surface area contributed by atoms with Crippen LogP contribution in [-0.2, 0) is 11.3 Å². The zero-order valence-corrected chi connectivity index (χ0v) is 13.5. The van der Waals surface area contributed by atoms with Crippen LogP contribution in [0.1, 0.15) is 25.0 Å². The van der Waals surface area contributed by atoms with Crippen LogP contribution in [0.15, 0.2) is 41.1 Å². The van der Waals surface area contributed by atoms with Crippen LogP contribution in [-0.4, -0.2) is 41.3 Å². The van der Waals surface area contributed by atoms with E-state index in [2.05, 4.69) is 9.88 Å². The SMILES string of the molecule is Fc1cccnc1O[C@H]1CO[C@@]2(CCCN(Cc3ccco3)C2)C1. The van der Waals surface area contributed by atoms with Gasteiger partial charge in [0.25, 0.3) is 5.88 Å². The van der Waals surface area contributed by atoms with Crippen molar-refractivity contribution in [1.29, 1.82) is 0 Å². The summed E-state index contributed by atoms with van der Waals surface area (Å²) in [6.07, 6.45) is 5.93.